The van der Waals surface area contributed by atoms with E-state index in [1.54, 1.807) is 10.6 Å². The van der Waals surface area contributed by atoms with Crippen LogP contribution in [0.5, 0.6) is 0 Å². The number of nitrogens with zero attached hydrogens (tertiary/aromatic N) is 3. The van der Waals surface area contributed by atoms with Gasteiger partial charge in [-0.2, -0.15) is 0 Å². The molecular weight excluding hydrogens is 366 g/mol. The largest absolute Gasteiger partial charge is 0.338 e. The van der Waals surface area contributed by atoms with Crippen LogP contribution in [0.15, 0.2) is 29.2 Å². The van der Waals surface area contributed by atoms with E-state index >= 15 is 0 Å². The Balaban J connectivity index is 1.37. The average molecular weight is 390 g/mol. The summed E-state index contributed by atoms with van der Waals surface area (Å²) in [6.45, 7) is 1.06. The molecule has 4 heterocycles. The minimum Gasteiger partial charge on any atom is -0.338 e. The van der Waals surface area contributed by atoms with Crippen molar-refractivity contribution in [3.63, 3.8) is 0 Å². The maximum Gasteiger partial charge on any atom is 0.263 e. The molecule has 0 unspecified atom stereocenters. The van der Waals surface area contributed by atoms with E-state index in [0.717, 1.165) is 23.8 Å². The quantitative estimate of drug-likeness (QED) is 0.580. The molecule has 0 aliphatic carbocycles. The Morgan fingerprint density at radius 3 is 3.08 bits per heavy atom. The van der Waals surface area contributed by atoms with Crippen molar-refractivity contribution in [3.05, 3.63) is 46.0 Å². The van der Waals surface area contributed by atoms with E-state index in [1.807, 2.05) is 44.7 Å². The van der Waals surface area contributed by atoms with Gasteiger partial charge in [-0.3, -0.25) is 14.0 Å². The summed E-state index contributed by atoms with van der Waals surface area (Å²) in [4.78, 5) is 31.7. The van der Waals surface area contributed by atoms with Crippen LogP contribution >= 0.6 is 21.6 Å². The van der Waals surface area contributed by atoms with E-state index in [0.29, 0.717) is 37.1 Å². The highest BCUT2D eigenvalue weighted by Crippen LogP contribution is 2.39. The van der Waals surface area contributed by atoms with Crippen LogP contribution in [0.4, 0.5) is 0 Å². The van der Waals surface area contributed by atoms with Gasteiger partial charge in [-0.05, 0) is 31.4 Å². The number of carbonyl (C=O) groups excluding carboxylic acids is 1. The maximum atomic E-state index is 12.7. The summed E-state index contributed by atoms with van der Waals surface area (Å²) < 4.78 is 1.57. The van der Waals surface area contributed by atoms with Gasteiger partial charge in [-0.25, -0.2) is 4.98 Å². The molecule has 2 aromatic heterocycles. The third-order valence-corrected chi connectivity index (χ3v) is 8.13. The minimum atomic E-state index is -0.0427. The second kappa shape index (κ2) is 8.05. The van der Waals surface area contributed by atoms with E-state index in [4.69, 9.17) is 0 Å². The van der Waals surface area contributed by atoms with Crippen molar-refractivity contribution in [2.24, 2.45) is 0 Å². The Labute approximate surface area is 161 Å². The molecule has 1 saturated heterocycles. The molecule has 2 aliphatic heterocycles. The molecule has 0 radical (unpaired) electrons. The Hall–Kier alpha value is -1.47. The summed E-state index contributed by atoms with van der Waals surface area (Å²) in [5, 5.41) is 0.774. The van der Waals surface area contributed by atoms with Crippen LogP contribution in [0.2, 0.25) is 0 Å². The molecule has 5 nitrogen and oxygen atoms in total. The Morgan fingerprint density at radius 2 is 2.23 bits per heavy atom. The normalized spacial score (nSPS) is 19.7. The second-order valence-corrected chi connectivity index (χ2v) is 9.70. The van der Waals surface area contributed by atoms with Gasteiger partial charge in [0, 0.05) is 36.6 Å². The zero-order valence-electron chi connectivity index (χ0n) is 14.7. The fourth-order valence-electron chi connectivity index (χ4n) is 3.63. The molecular formula is C19H23N3O2S2. The predicted octanol–water partition coefficient (Wildman–Crippen LogP) is 3.29. The number of carbonyl (C=O) groups is 1. The minimum absolute atomic E-state index is 0.0427. The monoisotopic (exact) mass is 389 g/mol. The zero-order valence-corrected chi connectivity index (χ0v) is 16.4. The first kappa shape index (κ1) is 17.9. The van der Waals surface area contributed by atoms with E-state index in [9.17, 15) is 9.59 Å². The summed E-state index contributed by atoms with van der Waals surface area (Å²) in [6.07, 6.45) is 7.56. The Bertz CT molecular complexity index is 861. The molecule has 138 valence electrons. The Kier molecular flexibility index (Phi) is 5.55. The number of unbranched alkanes of at least 4 members (excludes halogenated alkanes) is 1. The number of amides is 1. The standard InChI is InChI=1S/C19H23N3O2S2/c23-18(7-2-1-5-14-9-12-25-26-14)21-11-8-16-15(13-21)19(24)22-10-4-3-6-17(22)20-16/h3-4,6,10,14H,1-2,5,7-9,11-13H2/t14-/m0/s1. The lowest BCUT2D eigenvalue weighted by atomic mass is 10.1. The predicted molar refractivity (Wildman–Crippen MR) is 108 cm³/mol. The van der Waals surface area contributed by atoms with Crippen molar-refractivity contribution >= 4 is 33.1 Å². The van der Waals surface area contributed by atoms with Crippen LogP contribution in [0.3, 0.4) is 0 Å². The SMILES string of the molecule is O=C(CCCC[C@H]1CCSS1)N1CCc2nc3ccccn3c(=O)c2C1. The van der Waals surface area contributed by atoms with Crippen LogP contribution in [0, 0.1) is 0 Å². The molecule has 2 aromatic rings. The van der Waals surface area contributed by atoms with Gasteiger partial charge in [0.2, 0.25) is 5.91 Å². The summed E-state index contributed by atoms with van der Waals surface area (Å²) in [5.41, 5.74) is 2.16. The van der Waals surface area contributed by atoms with Crippen molar-refractivity contribution in [1.29, 1.82) is 0 Å². The molecule has 0 spiro atoms. The van der Waals surface area contributed by atoms with Gasteiger partial charge >= 0.3 is 0 Å². The molecule has 0 bridgehead atoms. The fourth-order valence-corrected chi connectivity index (χ4v) is 6.66. The van der Waals surface area contributed by atoms with Crippen molar-refractivity contribution in [1.82, 2.24) is 14.3 Å². The molecule has 0 N–H and O–H groups in total. The summed E-state index contributed by atoms with van der Waals surface area (Å²) in [5.74, 6) is 1.43. The summed E-state index contributed by atoms with van der Waals surface area (Å²) in [6, 6.07) is 5.56. The molecule has 7 heteroatoms. The van der Waals surface area contributed by atoms with Gasteiger partial charge in [-0.15, -0.1) is 0 Å². The molecule has 0 aromatic carbocycles. The van der Waals surface area contributed by atoms with E-state index < -0.39 is 0 Å². The lowest BCUT2D eigenvalue weighted by Crippen LogP contribution is -2.40. The number of hydrogen-bond acceptors (Lipinski definition) is 5. The van der Waals surface area contributed by atoms with E-state index in [1.165, 1.54) is 18.6 Å². The number of rotatable bonds is 5. The van der Waals surface area contributed by atoms with E-state index in [-0.39, 0.29) is 11.5 Å². The topological polar surface area (TPSA) is 54.7 Å². The van der Waals surface area contributed by atoms with Gasteiger partial charge in [0.25, 0.3) is 5.56 Å². The maximum absolute atomic E-state index is 12.7. The smallest absolute Gasteiger partial charge is 0.263 e. The van der Waals surface area contributed by atoms with Gasteiger partial charge in [0.15, 0.2) is 0 Å². The summed E-state index contributed by atoms with van der Waals surface area (Å²) >= 11 is 0. The van der Waals surface area contributed by atoms with Gasteiger partial charge in [0.05, 0.1) is 17.8 Å². The van der Waals surface area contributed by atoms with Crippen molar-refractivity contribution in [2.45, 2.75) is 50.3 Å². The lowest BCUT2D eigenvalue weighted by molar-refractivity contribution is -0.132. The fraction of sp³-hybridized carbons (Fsp3) is 0.526. The van der Waals surface area contributed by atoms with Crippen LogP contribution < -0.4 is 5.56 Å². The molecule has 1 fully saturated rings. The van der Waals surface area contributed by atoms with E-state index in [2.05, 4.69) is 4.98 Å². The second-order valence-electron chi connectivity index (χ2n) is 6.91. The van der Waals surface area contributed by atoms with Gasteiger partial charge < -0.3 is 4.90 Å². The lowest BCUT2D eigenvalue weighted by Gasteiger charge is -2.28. The third-order valence-electron chi connectivity index (χ3n) is 5.13. The van der Waals surface area contributed by atoms with Crippen molar-refractivity contribution < 1.29 is 4.79 Å². The first-order valence-corrected chi connectivity index (χ1v) is 11.7. The molecule has 4 rings (SSSR count). The van der Waals surface area contributed by atoms with Crippen molar-refractivity contribution in [2.75, 3.05) is 12.3 Å². The zero-order chi connectivity index (χ0) is 17.9. The number of hydrogen-bond donors (Lipinski definition) is 0. The Morgan fingerprint density at radius 1 is 1.31 bits per heavy atom. The first-order chi connectivity index (χ1) is 12.7. The van der Waals surface area contributed by atoms with Crippen LogP contribution in [-0.4, -0.2) is 37.7 Å². The first-order valence-electron chi connectivity index (χ1n) is 9.27. The number of pyridine rings is 1. The van der Waals surface area contributed by atoms with Crippen LogP contribution in [0.1, 0.15) is 43.4 Å². The molecule has 1 atom stereocenters. The highest BCUT2D eigenvalue weighted by molar-refractivity contribution is 8.77. The van der Waals surface area contributed by atoms with Gasteiger partial charge in [0.1, 0.15) is 5.65 Å². The third kappa shape index (κ3) is 3.78. The van der Waals surface area contributed by atoms with Crippen LogP contribution in [0.25, 0.3) is 5.65 Å². The number of aromatic nitrogens is 2. The molecule has 0 saturated carbocycles. The van der Waals surface area contributed by atoms with Crippen LogP contribution in [-0.2, 0) is 17.8 Å². The average Bonchev–Trinajstić information content (AvgIpc) is 3.18. The summed E-state index contributed by atoms with van der Waals surface area (Å²) in [7, 11) is 3.97. The highest BCUT2D eigenvalue weighted by atomic mass is 33.1. The van der Waals surface area contributed by atoms with Crippen molar-refractivity contribution in [3.8, 4) is 0 Å². The molecule has 2 aliphatic rings. The highest BCUT2D eigenvalue weighted by Gasteiger charge is 2.24. The molecule has 1 amide bonds. The van der Waals surface area contributed by atoms with Gasteiger partial charge in [-0.1, -0.05) is 34.1 Å². The molecule has 26 heavy (non-hydrogen) atoms. The number of fused-ring (bicyclic) bond motifs is 2.